The molecule has 1 amide bonds. The summed E-state index contributed by atoms with van der Waals surface area (Å²) in [5.41, 5.74) is 3.59. The lowest BCUT2D eigenvalue weighted by Gasteiger charge is -2.19. The molecule has 0 spiro atoms. The Kier molecular flexibility index (Phi) is 4.67. The van der Waals surface area contributed by atoms with Gasteiger partial charge in [-0.25, -0.2) is 9.67 Å². The van der Waals surface area contributed by atoms with Crippen LogP contribution in [-0.2, 0) is 6.54 Å². The normalized spacial score (nSPS) is 13.4. The number of benzene rings is 2. The van der Waals surface area contributed by atoms with Crippen molar-refractivity contribution in [3.63, 3.8) is 0 Å². The van der Waals surface area contributed by atoms with Gasteiger partial charge in [-0.3, -0.25) is 4.79 Å². The third kappa shape index (κ3) is 3.76. The molecule has 1 saturated carbocycles. The van der Waals surface area contributed by atoms with Gasteiger partial charge in [-0.05, 0) is 37.1 Å². The number of anilines is 1. The van der Waals surface area contributed by atoms with Gasteiger partial charge in [0.25, 0.3) is 5.91 Å². The molecule has 0 aliphatic heterocycles. The first kappa shape index (κ1) is 18.4. The van der Waals surface area contributed by atoms with Crippen LogP contribution in [0.15, 0.2) is 73.1 Å². The standard InChI is InChI=1S/C24H23N5O/c1-28(15-17-14-25-29(16-17)19-7-3-2-4-8-19)23-13-21(24(30)26-18-11-12-18)20-9-5-6-10-22(20)27-23/h2-10,13-14,16,18H,11-12,15H2,1H3,(H,26,30). The van der Waals surface area contributed by atoms with Gasteiger partial charge < -0.3 is 10.2 Å². The fourth-order valence-corrected chi connectivity index (χ4v) is 3.55. The quantitative estimate of drug-likeness (QED) is 0.535. The summed E-state index contributed by atoms with van der Waals surface area (Å²) < 4.78 is 1.87. The summed E-state index contributed by atoms with van der Waals surface area (Å²) in [5, 5.41) is 8.45. The highest BCUT2D eigenvalue weighted by Crippen LogP contribution is 2.25. The minimum Gasteiger partial charge on any atom is -0.355 e. The van der Waals surface area contributed by atoms with E-state index in [4.69, 9.17) is 4.98 Å². The van der Waals surface area contributed by atoms with Crippen molar-refractivity contribution in [1.82, 2.24) is 20.1 Å². The maximum absolute atomic E-state index is 12.8. The summed E-state index contributed by atoms with van der Waals surface area (Å²) in [4.78, 5) is 19.7. The van der Waals surface area contributed by atoms with Crippen molar-refractivity contribution >= 4 is 22.6 Å². The van der Waals surface area contributed by atoms with Gasteiger partial charge in [-0.15, -0.1) is 0 Å². The van der Waals surface area contributed by atoms with Crippen molar-refractivity contribution in [2.24, 2.45) is 0 Å². The van der Waals surface area contributed by atoms with Crippen LogP contribution in [0, 0.1) is 0 Å². The Balaban J connectivity index is 1.42. The highest BCUT2D eigenvalue weighted by molar-refractivity contribution is 6.07. The van der Waals surface area contributed by atoms with Gasteiger partial charge in [-0.1, -0.05) is 36.4 Å². The molecule has 1 aliphatic rings. The molecule has 0 bridgehead atoms. The molecule has 6 nitrogen and oxygen atoms in total. The predicted octanol–water partition coefficient (Wildman–Crippen LogP) is 3.95. The Morgan fingerprint density at radius 2 is 1.90 bits per heavy atom. The van der Waals surface area contributed by atoms with E-state index in [1.54, 1.807) is 0 Å². The summed E-state index contributed by atoms with van der Waals surface area (Å²) in [6.07, 6.45) is 6.01. The third-order valence-electron chi connectivity index (χ3n) is 5.33. The molecular formula is C24H23N5O. The Bertz CT molecular complexity index is 1200. The lowest BCUT2D eigenvalue weighted by atomic mass is 10.1. The second kappa shape index (κ2) is 7.63. The molecule has 2 heterocycles. The highest BCUT2D eigenvalue weighted by atomic mass is 16.1. The monoisotopic (exact) mass is 397 g/mol. The number of para-hydroxylation sites is 2. The van der Waals surface area contributed by atoms with Crippen LogP contribution in [0.25, 0.3) is 16.6 Å². The van der Waals surface area contributed by atoms with Crippen LogP contribution in [-0.4, -0.2) is 33.8 Å². The topological polar surface area (TPSA) is 63.1 Å². The summed E-state index contributed by atoms with van der Waals surface area (Å²) >= 11 is 0. The zero-order chi connectivity index (χ0) is 20.5. The molecule has 0 radical (unpaired) electrons. The number of nitrogens with one attached hydrogen (secondary N) is 1. The van der Waals surface area contributed by atoms with Gasteiger partial charge in [-0.2, -0.15) is 5.10 Å². The van der Waals surface area contributed by atoms with Crippen LogP contribution in [0.3, 0.4) is 0 Å². The van der Waals surface area contributed by atoms with Crippen molar-refractivity contribution in [3.8, 4) is 5.69 Å². The van der Waals surface area contributed by atoms with Gasteiger partial charge in [0.1, 0.15) is 5.82 Å². The number of nitrogens with zero attached hydrogens (tertiary/aromatic N) is 4. The number of carbonyl (C=O) groups is 1. The minimum absolute atomic E-state index is 0.0253. The Hall–Kier alpha value is -3.67. The van der Waals surface area contributed by atoms with Crippen LogP contribution in [0.2, 0.25) is 0 Å². The first-order valence-corrected chi connectivity index (χ1v) is 10.2. The van der Waals surface area contributed by atoms with Gasteiger partial charge in [0.05, 0.1) is 23.0 Å². The molecule has 150 valence electrons. The van der Waals surface area contributed by atoms with E-state index in [-0.39, 0.29) is 5.91 Å². The number of aromatic nitrogens is 3. The van der Waals surface area contributed by atoms with Gasteiger partial charge >= 0.3 is 0 Å². The lowest BCUT2D eigenvalue weighted by Crippen LogP contribution is -2.26. The Labute approximate surface area is 175 Å². The van der Waals surface area contributed by atoms with E-state index in [0.29, 0.717) is 18.2 Å². The average Bonchev–Trinajstić information content (AvgIpc) is 3.47. The van der Waals surface area contributed by atoms with E-state index in [9.17, 15) is 4.79 Å². The molecule has 1 N–H and O–H groups in total. The van der Waals surface area contributed by atoms with Crippen molar-refractivity contribution in [1.29, 1.82) is 0 Å². The Morgan fingerprint density at radius 1 is 1.13 bits per heavy atom. The zero-order valence-electron chi connectivity index (χ0n) is 16.8. The van der Waals surface area contributed by atoms with Gasteiger partial charge in [0, 0.05) is 36.8 Å². The molecule has 0 saturated heterocycles. The molecule has 4 aromatic rings. The zero-order valence-corrected chi connectivity index (χ0v) is 16.8. The first-order valence-electron chi connectivity index (χ1n) is 10.2. The molecule has 6 heteroatoms. The number of hydrogen-bond acceptors (Lipinski definition) is 4. The van der Waals surface area contributed by atoms with E-state index >= 15 is 0 Å². The fourth-order valence-electron chi connectivity index (χ4n) is 3.55. The number of pyridine rings is 1. The number of fused-ring (bicyclic) bond motifs is 1. The van der Waals surface area contributed by atoms with Crippen LogP contribution in [0.5, 0.6) is 0 Å². The summed E-state index contributed by atoms with van der Waals surface area (Å²) in [5.74, 6) is 0.741. The highest BCUT2D eigenvalue weighted by Gasteiger charge is 2.25. The maximum atomic E-state index is 12.8. The SMILES string of the molecule is CN(Cc1cnn(-c2ccccc2)c1)c1cc(C(=O)NC2CC2)c2ccccc2n1. The minimum atomic E-state index is -0.0253. The van der Waals surface area contributed by atoms with Crippen LogP contribution < -0.4 is 10.2 Å². The van der Waals surface area contributed by atoms with Crippen LogP contribution in [0.1, 0.15) is 28.8 Å². The molecule has 1 fully saturated rings. The molecular weight excluding hydrogens is 374 g/mol. The van der Waals surface area contributed by atoms with Gasteiger partial charge in [0.15, 0.2) is 0 Å². The molecule has 0 unspecified atom stereocenters. The van der Waals surface area contributed by atoms with E-state index in [2.05, 4.69) is 10.4 Å². The van der Waals surface area contributed by atoms with Crippen molar-refractivity contribution < 1.29 is 4.79 Å². The van der Waals surface area contributed by atoms with E-state index in [1.165, 1.54) is 0 Å². The van der Waals surface area contributed by atoms with Crippen molar-refractivity contribution in [2.45, 2.75) is 25.4 Å². The Morgan fingerprint density at radius 3 is 2.70 bits per heavy atom. The van der Waals surface area contributed by atoms with Crippen molar-refractivity contribution in [2.75, 3.05) is 11.9 Å². The van der Waals surface area contributed by atoms with Crippen LogP contribution in [0.4, 0.5) is 5.82 Å². The van der Waals surface area contributed by atoms with Crippen LogP contribution >= 0.6 is 0 Å². The first-order chi connectivity index (χ1) is 14.7. The molecule has 5 rings (SSSR count). The predicted molar refractivity (Wildman–Crippen MR) is 118 cm³/mol. The van der Waals surface area contributed by atoms with E-state index < -0.39 is 0 Å². The van der Waals surface area contributed by atoms with Gasteiger partial charge in [0.2, 0.25) is 0 Å². The largest absolute Gasteiger partial charge is 0.355 e. The second-order valence-corrected chi connectivity index (χ2v) is 7.78. The summed E-state index contributed by atoms with van der Waals surface area (Å²) in [6.45, 7) is 0.641. The number of amides is 1. The molecule has 2 aromatic carbocycles. The van der Waals surface area contributed by atoms with E-state index in [0.717, 1.165) is 40.8 Å². The molecule has 0 atom stereocenters. The van der Waals surface area contributed by atoms with Crippen molar-refractivity contribution in [3.05, 3.63) is 84.2 Å². The molecule has 30 heavy (non-hydrogen) atoms. The average molecular weight is 397 g/mol. The fraction of sp³-hybridized carbons (Fsp3) is 0.208. The summed E-state index contributed by atoms with van der Waals surface area (Å²) in [7, 11) is 1.99. The second-order valence-electron chi connectivity index (χ2n) is 7.78. The number of hydrogen-bond donors (Lipinski definition) is 1. The molecule has 2 aromatic heterocycles. The number of rotatable bonds is 6. The van der Waals surface area contributed by atoms with E-state index in [1.807, 2.05) is 89.7 Å². The number of carbonyl (C=O) groups excluding carboxylic acids is 1. The summed E-state index contributed by atoms with van der Waals surface area (Å²) in [6, 6.07) is 20.0. The lowest BCUT2D eigenvalue weighted by molar-refractivity contribution is 0.0952. The molecule has 1 aliphatic carbocycles. The smallest absolute Gasteiger partial charge is 0.252 e. The maximum Gasteiger partial charge on any atom is 0.252 e. The third-order valence-corrected chi connectivity index (χ3v) is 5.33.